The number of sulfonamides is 1. The summed E-state index contributed by atoms with van der Waals surface area (Å²) in [6.07, 6.45) is 1.92. The van der Waals surface area contributed by atoms with Crippen molar-refractivity contribution >= 4 is 27.5 Å². The number of anilines is 1. The van der Waals surface area contributed by atoms with Crippen LogP contribution in [0.5, 0.6) is 11.5 Å². The number of para-hydroxylation sites is 2. The molecule has 2 amide bonds. The number of hydrogen-bond acceptors (Lipinski definition) is 6. The number of amides is 2. The van der Waals surface area contributed by atoms with Crippen LogP contribution in [0.2, 0.25) is 0 Å². The van der Waals surface area contributed by atoms with Crippen molar-refractivity contribution in [1.29, 1.82) is 0 Å². The lowest BCUT2D eigenvalue weighted by molar-refractivity contribution is -0.141. The van der Waals surface area contributed by atoms with E-state index in [9.17, 15) is 18.0 Å². The minimum atomic E-state index is -3.63. The Hall–Kier alpha value is -3.27. The molecule has 0 bridgehead atoms. The molecular weight excluding hydrogens is 506 g/mol. The van der Waals surface area contributed by atoms with Gasteiger partial charge < -0.3 is 19.7 Å². The molecule has 0 radical (unpaired) electrons. The Kier molecular flexibility index (Phi) is 11.9. The van der Waals surface area contributed by atoms with E-state index in [4.69, 9.17) is 9.47 Å². The van der Waals surface area contributed by atoms with Crippen LogP contribution < -0.4 is 19.1 Å². The van der Waals surface area contributed by atoms with Gasteiger partial charge in [0.05, 0.1) is 25.7 Å². The fraction of sp³-hybridized carbons (Fsp3) is 0.500. The Morgan fingerprint density at radius 2 is 1.68 bits per heavy atom. The van der Waals surface area contributed by atoms with E-state index < -0.39 is 16.1 Å². The molecule has 0 fully saturated rings. The van der Waals surface area contributed by atoms with Gasteiger partial charge in [0, 0.05) is 25.6 Å². The molecule has 0 aliphatic heterocycles. The molecule has 0 saturated heterocycles. The van der Waals surface area contributed by atoms with Crippen molar-refractivity contribution in [3.8, 4) is 11.5 Å². The maximum atomic E-state index is 13.5. The Balaban J connectivity index is 2.25. The van der Waals surface area contributed by atoms with Crippen molar-refractivity contribution in [3.63, 3.8) is 0 Å². The second-order valence-electron chi connectivity index (χ2n) is 9.30. The van der Waals surface area contributed by atoms with Crippen molar-refractivity contribution in [2.24, 2.45) is 0 Å². The molecule has 2 rings (SSSR count). The van der Waals surface area contributed by atoms with Crippen LogP contribution in [0.15, 0.2) is 48.5 Å². The second kappa shape index (κ2) is 14.6. The summed E-state index contributed by atoms with van der Waals surface area (Å²) in [7, 11) is -2.04. The predicted molar refractivity (Wildman–Crippen MR) is 150 cm³/mol. The number of carbonyl (C=O) groups is 2. The van der Waals surface area contributed by atoms with Crippen LogP contribution in [0.1, 0.15) is 52.5 Å². The summed E-state index contributed by atoms with van der Waals surface area (Å²) in [5, 5.41) is 2.91. The van der Waals surface area contributed by atoms with Crippen molar-refractivity contribution in [2.45, 2.75) is 65.6 Å². The van der Waals surface area contributed by atoms with E-state index in [0.717, 1.165) is 11.8 Å². The average Bonchev–Trinajstić information content (AvgIpc) is 2.86. The van der Waals surface area contributed by atoms with Crippen LogP contribution >= 0.6 is 0 Å². The van der Waals surface area contributed by atoms with E-state index in [1.807, 2.05) is 52.0 Å². The highest BCUT2D eigenvalue weighted by Crippen LogP contribution is 2.30. The average molecular weight is 548 g/mol. The number of ether oxygens (including phenoxy) is 2. The third-order valence-corrected chi connectivity index (χ3v) is 7.09. The van der Waals surface area contributed by atoms with E-state index in [-0.39, 0.29) is 43.8 Å². The maximum absolute atomic E-state index is 13.5. The van der Waals surface area contributed by atoms with Crippen LogP contribution in [0.3, 0.4) is 0 Å². The number of benzene rings is 2. The van der Waals surface area contributed by atoms with Gasteiger partial charge in [0.25, 0.3) is 0 Å². The molecule has 10 heteroatoms. The number of rotatable bonds is 15. The molecule has 9 nitrogen and oxygen atoms in total. The van der Waals surface area contributed by atoms with E-state index >= 15 is 0 Å². The molecule has 38 heavy (non-hydrogen) atoms. The van der Waals surface area contributed by atoms with Crippen LogP contribution in [0, 0.1) is 0 Å². The Morgan fingerprint density at radius 3 is 2.24 bits per heavy atom. The molecule has 2 aromatic carbocycles. The zero-order valence-corrected chi connectivity index (χ0v) is 24.1. The predicted octanol–water partition coefficient (Wildman–Crippen LogP) is 3.97. The molecule has 0 heterocycles. The first-order chi connectivity index (χ1) is 18.0. The van der Waals surface area contributed by atoms with Crippen LogP contribution in [-0.2, 0) is 26.2 Å². The van der Waals surface area contributed by atoms with Gasteiger partial charge in [0.15, 0.2) is 0 Å². The first-order valence-electron chi connectivity index (χ1n) is 12.9. The molecule has 0 aromatic heterocycles. The summed E-state index contributed by atoms with van der Waals surface area (Å²) in [6, 6.07) is 13.6. The summed E-state index contributed by atoms with van der Waals surface area (Å²) in [5.74, 6) is 0.722. The van der Waals surface area contributed by atoms with Gasteiger partial charge in [-0.1, -0.05) is 31.2 Å². The standard InChI is InChI=1S/C28H41N3O6S/c1-7-24(28(33)29-21(3)4)30(20-22-15-17-23(36-5)18-16-22)27(32)14-11-19-31(38(6,34)35)25-12-9-10-13-26(25)37-8-2/h9-10,12-13,15-18,21,24H,7-8,11,14,19-20H2,1-6H3,(H,29,33). The third-order valence-electron chi connectivity index (χ3n) is 5.91. The lowest BCUT2D eigenvalue weighted by atomic mass is 10.1. The zero-order chi connectivity index (χ0) is 28.3. The van der Waals surface area contributed by atoms with Crippen LogP contribution in [0.25, 0.3) is 0 Å². The highest BCUT2D eigenvalue weighted by molar-refractivity contribution is 7.92. The number of nitrogens with zero attached hydrogens (tertiary/aromatic N) is 2. The van der Waals surface area contributed by atoms with Gasteiger partial charge in [0.1, 0.15) is 17.5 Å². The lowest BCUT2D eigenvalue weighted by Gasteiger charge is -2.31. The van der Waals surface area contributed by atoms with Gasteiger partial charge in [-0.2, -0.15) is 0 Å². The molecule has 0 aliphatic rings. The molecule has 1 N–H and O–H groups in total. The first-order valence-corrected chi connectivity index (χ1v) is 14.8. The van der Waals surface area contributed by atoms with E-state index in [1.165, 1.54) is 4.31 Å². The molecule has 210 valence electrons. The molecular formula is C28H41N3O6S. The van der Waals surface area contributed by atoms with Crippen molar-refractivity contribution in [1.82, 2.24) is 10.2 Å². The van der Waals surface area contributed by atoms with E-state index in [0.29, 0.717) is 30.2 Å². The Bertz CT molecular complexity index is 1150. The first kappa shape index (κ1) is 31.0. The molecule has 0 spiro atoms. The fourth-order valence-electron chi connectivity index (χ4n) is 4.15. The highest BCUT2D eigenvalue weighted by atomic mass is 32.2. The van der Waals surface area contributed by atoms with Gasteiger partial charge in [-0.3, -0.25) is 13.9 Å². The number of carbonyl (C=O) groups excluding carboxylic acids is 2. The summed E-state index contributed by atoms with van der Waals surface area (Å²) in [5.41, 5.74) is 1.29. The van der Waals surface area contributed by atoms with Crippen molar-refractivity contribution in [2.75, 3.05) is 30.8 Å². The summed E-state index contributed by atoms with van der Waals surface area (Å²) >= 11 is 0. The molecule has 0 saturated carbocycles. The highest BCUT2D eigenvalue weighted by Gasteiger charge is 2.29. The quantitative estimate of drug-likeness (QED) is 0.362. The van der Waals surface area contributed by atoms with Crippen molar-refractivity contribution < 1.29 is 27.5 Å². The third kappa shape index (κ3) is 8.93. The van der Waals surface area contributed by atoms with Gasteiger partial charge >= 0.3 is 0 Å². The number of nitrogens with one attached hydrogen (secondary N) is 1. The van der Waals surface area contributed by atoms with E-state index in [2.05, 4.69) is 5.32 Å². The monoisotopic (exact) mass is 547 g/mol. The maximum Gasteiger partial charge on any atom is 0.243 e. The summed E-state index contributed by atoms with van der Waals surface area (Å²) < 4.78 is 37.4. The van der Waals surface area contributed by atoms with Crippen molar-refractivity contribution in [3.05, 3.63) is 54.1 Å². The SMILES string of the molecule is CCOc1ccccc1N(CCCC(=O)N(Cc1ccc(OC)cc1)C(CC)C(=O)NC(C)C)S(C)(=O)=O. The molecule has 0 aliphatic carbocycles. The smallest absolute Gasteiger partial charge is 0.243 e. The lowest BCUT2D eigenvalue weighted by Crippen LogP contribution is -2.50. The summed E-state index contributed by atoms with van der Waals surface area (Å²) in [6.45, 7) is 8.19. The Morgan fingerprint density at radius 1 is 1.03 bits per heavy atom. The van der Waals surface area contributed by atoms with Gasteiger partial charge in [0.2, 0.25) is 21.8 Å². The second-order valence-corrected chi connectivity index (χ2v) is 11.2. The van der Waals surface area contributed by atoms with Crippen LogP contribution in [0.4, 0.5) is 5.69 Å². The molecule has 1 unspecified atom stereocenters. The zero-order valence-electron chi connectivity index (χ0n) is 23.3. The topological polar surface area (TPSA) is 105 Å². The van der Waals surface area contributed by atoms with Gasteiger partial charge in [-0.05, 0) is 63.4 Å². The molecule has 2 aromatic rings. The van der Waals surface area contributed by atoms with Gasteiger partial charge in [-0.25, -0.2) is 8.42 Å². The minimum Gasteiger partial charge on any atom is -0.497 e. The fourth-order valence-corrected chi connectivity index (χ4v) is 5.12. The van der Waals surface area contributed by atoms with E-state index in [1.54, 1.807) is 36.3 Å². The number of methoxy groups -OCH3 is 1. The summed E-state index contributed by atoms with van der Waals surface area (Å²) in [4.78, 5) is 28.1. The molecule has 1 atom stereocenters. The minimum absolute atomic E-state index is 0.0665. The number of hydrogen-bond donors (Lipinski definition) is 1. The Labute approximate surface area is 227 Å². The largest absolute Gasteiger partial charge is 0.497 e. The van der Waals surface area contributed by atoms with Crippen LogP contribution in [-0.4, -0.2) is 63.7 Å². The van der Waals surface area contributed by atoms with Gasteiger partial charge in [-0.15, -0.1) is 0 Å². The normalized spacial score (nSPS) is 12.1.